The number of aryl methyl sites for hydroxylation is 1. The Morgan fingerprint density at radius 1 is 1.24 bits per heavy atom. The van der Waals surface area contributed by atoms with Crippen LogP contribution < -0.4 is 20.1 Å². The highest BCUT2D eigenvalue weighted by molar-refractivity contribution is 7.80. The van der Waals surface area contributed by atoms with Crippen molar-refractivity contribution in [3.63, 3.8) is 0 Å². The van der Waals surface area contributed by atoms with Crippen molar-refractivity contribution < 1.29 is 9.47 Å². The van der Waals surface area contributed by atoms with Crippen molar-refractivity contribution in [2.75, 3.05) is 19.5 Å². The maximum atomic E-state index is 5.28. The van der Waals surface area contributed by atoms with Crippen molar-refractivity contribution in [2.24, 2.45) is 7.05 Å². The molecular weight excluding hydrogens is 288 g/mol. The number of nitrogens with one attached hydrogen (secondary N) is 2. The van der Waals surface area contributed by atoms with Gasteiger partial charge in [-0.3, -0.25) is 4.68 Å². The molecule has 2 N–H and O–H groups in total. The Morgan fingerprint density at radius 2 is 1.90 bits per heavy atom. The fourth-order valence-electron chi connectivity index (χ4n) is 1.80. The van der Waals surface area contributed by atoms with Crippen LogP contribution in [0.1, 0.15) is 5.69 Å². The quantitative estimate of drug-likeness (QED) is 0.823. The summed E-state index contributed by atoms with van der Waals surface area (Å²) in [5.41, 5.74) is 1.84. The summed E-state index contributed by atoms with van der Waals surface area (Å²) in [6.45, 7) is 0.601. The second kappa shape index (κ2) is 6.94. The van der Waals surface area contributed by atoms with Gasteiger partial charge in [0.05, 0.1) is 26.5 Å². The highest BCUT2D eigenvalue weighted by Gasteiger charge is 2.04. The SMILES string of the molecule is COc1cc(NC(=S)NCc2ccnn2C)cc(OC)c1. The molecule has 0 bridgehead atoms. The van der Waals surface area contributed by atoms with E-state index in [0.29, 0.717) is 23.2 Å². The molecule has 0 atom stereocenters. The lowest BCUT2D eigenvalue weighted by atomic mass is 10.3. The van der Waals surface area contributed by atoms with Crippen molar-refractivity contribution in [2.45, 2.75) is 6.54 Å². The molecule has 0 aliphatic heterocycles. The van der Waals surface area contributed by atoms with Gasteiger partial charge in [-0.1, -0.05) is 0 Å². The summed E-state index contributed by atoms with van der Waals surface area (Å²) in [6.07, 6.45) is 1.75. The lowest BCUT2D eigenvalue weighted by molar-refractivity contribution is 0.395. The van der Waals surface area contributed by atoms with Gasteiger partial charge in [-0.05, 0) is 18.3 Å². The first kappa shape index (κ1) is 15.1. The lowest BCUT2D eigenvalue weighted by Crippen LogP contribution is -2.28. The molecule has 7 heteroatoms. The van der Waals surface area contributed by atoms with Gasteiger partial charge in [-0.25, -0.2) is 0 Å². The van der Waals surface area contributed by atoms with E-state index < -0.39 is 0 Å². The number of hydrogen-bond donors (Lipinski definition) is 2. The molecule has 0 spiro atoms. The number of aromatic nitrogens is 2. The van der Waals surface area contributed by atoms with Crippen LogP contribution in [0.4, 0.5) is 5.69 Å². The minimum absolute atomic E-state index is 0.520. The van der Waals surface area contributed by atoms with Crippen LogP contribution in [0.3, 0.4) is 0 Å². The molecule has 112 valence electrons. The van der Waals surface area contributed by atoms with Crippen LogP contribution in [0.15, 0.2) is 30.5 Å². The summed E-state index contributed by atoms with van der Waals surface area (Å²) in [5, 5.41) is 10.9. The van der Waals surface area contributed by atoms with E-state index in [9.17, 15) is 0 Å². The molecule has 0 saturated carbocycles. The highest BCUT2D eigenvalue weighted by atomic mass is 32.1. The molecule has 0 amide bonds. The lowest BCUT2D eigenvalue weighted by Gasteiger charge is -2.13. The normalized spacial score (nSPS) is 10.0. The zero-order valence-electron chi connectivity index (χ0n) is 12.2. The van der Waals surface area contributed by atoms with Crippen LogP contribution >= 0.6 is 12.2 Å². The topological polar surface area (TPSA) is 60.3 Å². The van der Waals surface area contributed by atoms with E-state index in [4.69, 9.17) is 21.7 Å². The molecule has 1 aromatic heterocycles. The van der Waals surface area contributed by atoms with E-state index in [2.05, 4.69) is 15.7 Å². The van der Waals surface area contributed by atoms with E-state index in [0.717, 1.165) is 11.4 Å². The minimum Gasteiger partial charge on any atom is -0.497 e. The Kier molecular flexibility index (Phi) is 4.99. The predicted molar refractivity (Wildman–Crippen MR) is 85.8 cm³/mol. The van der Waals surface area contributed by atoms with Gasteiger partial charge in [-0.2, -0.15) is 5.10 Å². The van der Waals surface area contributed by atoms with Crippen LogP contribution in [0.2, 0.25) is 0 Å². The monoisotopic (exact) mass is 306 g/mol. The first-order chi connectivity index (χ1) is 10.1. The first-order valence-electron chi connectivity index (χ1n) is 6.37. The van der Waals surface area contributed by atoms with Gasteiger partial charge >= 0.3 is 0 Å². The summed E-state index contributed by atoms with van der Waals surface area (Å²) in [5.74, 6) is 1.40. The standard InChI is InChI=1S/C14H18N4O2S/c1-18-11(4-5-16-18)9-15-14(21)17-10-6-12(19-2)8-13(7-10)20-3/h4-8H,9H2,1-3H3,(H2,15,17,21). The second-order valence-electron chi connectivity index (χ2n) is 4.36. The number of ether oxygens (including phenoxy) is 2. The summed E-state index contributed by atoms with van der Waals surface area (Å²) in [6, 6.07) is 7.43. The maximum Gasteiger partial charge on any atom is 0.171 e. The molecule has 0 aliphatic carbocycles. The predicted octanol–water partition coefficient (Wildman–Crippen LogP) is 1.92. The highest BCUT2D eigenvalue weighted by Crippen LogP contribution is 2.25. The van der Waals surface area contributed by atoms with E-state index in [1.165, 1.54) is 0 Å². The van der Waals surface area contributed by atoms with Gasteiger partial charge in [0.25, 0.3) is 0 Å². The average Bonchev–Trinajstić information content (AvgIpc) is 2.90. The van der Waals surface area contributed by atoms with E-state index >= 15 is 0 Å². The Labute approximate surface area is 129 Å². The summed E-state index contributed by atoms with van der Waals surface area (Å²) >= 11 is 5.28. The fraction of sp³-hybridized carbons (Fsp3) is 0.286. The maximum absolute atomic E-state index is 5.28. The molecule has 0 fully saturated rings. The van der Waals surface area contributed by atoms with Crippen molar-refractivity contribution in [1.82, 2.24) is 15.1 Å². The molecular formula is C14H18N4O2S. The zero-order chi connectivity index (χ0) is 15.2. The summed E-state index contributed by atoms with van der Waals surface area (Å²) in [4.78, 5) is 0. The smallest absolute Gasteiger partial charge is 0.171 e. The fourth-order valence-corrected chi connectivity index (χ4v) is 1.99. The van der Waals surface area contributed by atoms with Gasteiger partial charge in [0.1, 0.15) is 11.5 Å². The van der Waals surface area contributed by atoms with Gasteiger partial charge in [0.2, 0.25) is 0 Å². The third kappa shape index (κ3) is 4.09. The van der Waals surface area contributed by atoms with E-state index in [1.54, 1.807) is 31.2 Å². The third-order valence-electron chi connectivity index (χ3n) is 2.96. The summed E-state index contributed by atoms with van der Waals surface area (Å²) in [7, 11) is 5.11. The van der Waals surface area contributed by atoms with Crippen LogP contribution in [0.5, 0.6) is 11.5 Å². The van der Waals surface area contributed by atoms with Crippen molar-refractivity contribution in [3.8, 4) is 11.5 Å². The van der Waals surface area contributed by atoms with Gasteiger partial charge in [-0.15, -0.1) is 0 Å². The number of thiocarbonyl (C=S) groups is 1. The molecule has 0 unspecified atom stereocenters. The number of rotatable bonds is 5. The number of hydrogen-bond acceptors (Lipinski definition) is 4. The average molecular weight is 306 g/mol. The van der Waals surface area contributed by atoms with Crippen molar-refractivity contribution >= 4 is 23.0 Å². The molecule has 2 rings (SSSR count). The van der Waals surface area contributed by atoms with Crippen molar-refractivity contribution in [3.05, 3.63) is 36.2 Å². The zero-order valence-corrected chi connectivity index (χ0v) is 13.0. The van der Waals surface area contributed by atoms with Gasteiger partial charge < -0.3 is 20.1 Å². The third-order valence-corrected chi connectivity index (χ3v) is 3.21. The molecule has 1 heterocycles. The number of nitrogens with zero attached hydrogens (tertiary/aromatic N) is 2. The Hall–Kier alpha value is -2.28. The molecule has 0 radical (unpaired) electrons. The molecule has 0 saturated heterocycles. The van der Waals surface area contributed by atoms with Crippen LogP contribution in [0.25, 0.3) is 0 Å². The van der Waals surface area contributed by atoms with Gasteiger partial charge in [0.15, 0.2) is 5.11 Å². The Morgan fingerprint density at radius 3 is 2.43 bits per heavy atom. The van der Waals surface area contributed by atoms with Crippen LogP contribution in [-0.4, -0.2) is 29.1 Å². The van der Waals surface area contributed by atoms with Crippen LogP contribution in [0, 0.1) is 0 Å². The van der Waals surface area contributed by atoms with Gasteiger partial charge in [0, 0.05) is 37.1 Å². The Balaban J connectivity index is 1.97. The van der Waals surface area contributed by atoms with E-state index in [-0.39, 0.29) is 0 Å². The van der Waals surface area contributed by atoms with E-state index in [1.807, 2.05) is 25.2 Å². The molecule has 6 nitrogen and oxygen atoms in total. The minimum atomic E-state index is 0.520. The summed E-state index contributed by atoms with van der Waals surface area (Å²) < 4.78 is 12.2. The molecule has 1 aromatic carbocycles. The molecule has 2 aromatic rings. The largest absolute Gasteiger partial charge is 0.497 e. The number of benzene rings is 1. The molecule has 0 aliphatic rings. The van der Waals surface area contributed by atoms with Crippen LogP contribution in [-0.2, 0) is 13.6 Å². The molecule has 21 heavy (non-hydrogen) atoms. The number of methoxy groups -OCH3 is 2. The second-order valence-corrected chi connectivity index (χ2v) is 4.76. The Bertz CT molecular complexity index is 605. The first-order valence-corrected chi connectivity index (χ1v) is 6.78. The van der Waals surface area contributed by atoms with Crippen molar-refractivity contribution in [1.29, 1.82) is 0 Å². The number of anilines is 1.